The van der Waals surface area contributed by atoms with Crippen LogP contribution in [0.3, 0.4) is 0 Å². The Morgan fingerprint density at radius 3 is 2.20 bits per heavy atom. The van der Waals surface area contributed by atoms with E-state index in [9.17, 15) is 0 Å². The largest absolute Gasteiger partial charge is 0.316 e. The standard InChI is InChI=1S/C6H14N2.2ClH/c1-5-3-6(7-2)4-8-5;;/h5-8H,3-4H2,1-2H3;2*1H/t5?,6-;;/m0../s1. The smallest absolute Gasteiger partial charge is 0.0204 e. The summed E-state index contributed by atoms with van der Waals surface area (Å²) < 4.78 is 0. The van der Waals surface area contributed by atoms with E-state index < -0.39 is 0 Å². The van der Waals surface area contributed by atoms with Crippen molar-refractivity contribution in [1.82, 2.24) is 10.6 Å². The zero-order valence-electron chi connectivity index (χ0n) is 6.39. The number of hydrogen-bond donors (Lipinski definition) is 2. The maximum absolute atomic E-state index is 3.36. The van der Waals surface area contributed by atoms with Crippen LogP contribution in [0.5, 0.6) is 0 Å². The fraction of sp³-hybridized carbons (Fsp3) is 1.00. The Hall–Kier alpha value is 0.500. The van der Waals surface area contributed by atoms with Crippen molar-refractivity contribution in [3.8, 4) is 0 Å². The van der Waals surface area contributed by atoms with Gasteiger partial charge in [-0.05, 0) is 20.4 Å². The highest BCUT2D eigenvalue weighted by Gasteiger charge is 2.17. The number of rotatable bonds is 1. The van der Waals surface area contributed by atoms with Gasteiger partial charge >= 0.3 is 0 Å². The predicted octanol–water partition coefficient (Wildman–Crippen LogP) is 0.800. The second-order valence-electron chi connectivity index (χ2n) is 2.53. The van der Waals surface area contributed by atoms with Gasteiger partial charge in [-0.15, -0.1) is 24.8 Å². The molecule has 0 radical (unpaired) electrons. The molecule has 0 aromatic heterocycles. The van der Waals surface area contributed by atoms with Crippen LogP contribution in [0.4, 0.5) is 0 Å². The Kier molecular flexibility index (Phi) is 8.17. The molecule has 2 atom stereocenters. The minimum Gasteiger partial charge on any atom is -0.316 e. The molecule has 0 saturated carbocycles. The Labute approximate surface area is 75.0 Å². The number of halogens is 2. The van der Waals surface area contributed by atoms with Crippen molar-refractivity contribution >= 4 is 24.8 Å². The van der Waals surface area contributed by atoms with Crippen molar-refractivity contribution in [2.45, 2.75) is 25.4 Å². The number of nitrogens with one attached hydrogen (secondary N) is 2. The van der Waals surface area contributed by atoms with Crippen molar-refractivity contribution in [3.05, 3.63) is 0 Å². The normalized spacial score (nSPS) is 30.6. The molecule has 1 saturated heterocycles. The Morgan fingerprint density at radius 2 is 2.00 bits per heavy atom. The van der Waals surface area contributed by atoms with Gasteiger partial charge in [0, 0.05) is 18.6 Å². The molecule has 1 aliphatic rings. The van der Waals surface area contributed by atoms with Gasteiger partial charge in [0.1, 0.15) is 0 Å². The molecule has 0 aromatic rings. The second kappa shape index (κ2) is 6.23. The van der Waals surface area contributed by atoms with Gasteiger partial charge in [-0.2, -0.15) is 0 Å². The Bertz CT molecular complexity index is 80.1. The summed E-state index contributed by atoms with van der Waals surface area (Å²) in [6.45, 7) is 3.36. The first-order valence-electron chi connectivity index (χ1n) is 3.23. The molecule has 2 nitrogen and oxygen atoms in total. The molecule has 0 spiro atoms. The molecule has 0 amide bonds. The third-order valence-electron chi connectivity index (χ3n) is 1.76. The van der Waals surface area contributed by atoms with Crippen molar-refractivity contribution in [2.75, 3.05) is 13.6 Å². The topological polar surface area (TPSA) is 24.1 Å². The van der Waals surface area contributed by atoms with E-state index in [2.05, 4.69) is 17.6 Å². The van der Waals surface area contributed by atoms with Crippen LogP contribution >= 0.6 is 24.8 Å². The molecule has 64 valence electrons. The van der Waals surface area contributed by atoms with Crippen LogP contribution in [0.25, 0.3) is 0 Å². The van der Waals surface area contributed by atoms with E-state index in [1.807, 2.05) is 7.05 Å². The minimum absolute atomic E-state index is 0. The lowest BCUT2D eigenvalue weighted by atomic mass is 10.2. The average Bonchev–Trinajstić information content (AvgIpc) is 2.14. The van der Waals surface area contributed by atoms with Gasteiger partial charge in [-0.1, -0.05) is 0 Å². The number of likely N-dealkylation sites (N-methyl/N-ethyl adjacent to an activating group) is 1. The van der Waals surface area contributed by atoms with Crippen LogP contribution in [-0.2, 0) is 0 Å². The van der Waals surface area contributed by atoms with Crippen LogP contribution in [0.2, 0.25) is 0 Å². The third kappa shape index (κ3) is 3.62. The zero-order chi connectivity index (χ0) is 5.98. The molecule has 0 bridgehead atoms. The van der Waals surface area contributed by atoms with Crippen molar-refractivity contribution in [2.24, 2.45) is 0 Å². The Balaban J connectivity index is 0. The van der Waals surface area contributed by atoms with E-state index in [-0.39, 0.29) is 24.8 Å². The maximum Gasteiger partial charge on any atom is 0.0204 e. The van der Waals surface area contributed by atoms with E-state index >= 15 is 0 Å². The summed E-state index contributed by atoms with van der Waals surface area (Å²) in [4.78, 5) is 0. The number of hydrogen-bond acceptors (Lipinski definition) is 2. The molecular weight excluding hydrogens is 171 g/mol. The summed E-state index contributed by atoms with van der Waals surface area (Å²) in [6, 6.07) is 1.43. The minimum atomic E-state index is 0. The molecular formula is C6H16Cl2N2. The molecule has 0 aromatic carbocycles. The van der Waals surface area contributed by atoms with Gasteiger partial charge in [-0.3, -0.25) is 0 Å². The molecule has 1 heterocycles. The van der Waals surface area contributed by atoms with Crippen molar-refractivity contribution in [1.29, 1.82) is 0 Å². The van der Waals surface area contributed by atoms with Crippen LogP contribution < -0.4 is 10.6 Å². The summed E-state index contributed by atoms with van der Waals surface area (Å²) in [6.07, 6.45) is 1.27. The van der Waals surface area contributed by atoms with Crippen molar-refractivity contribution in [3.63, 3.8) is 0 Å². The molecule has 1 aliphatic heterocycles. The van der Waals surface area contributed by atoms with Crippen LogP contribution in [-0.4, -0.2) is 25.7 Å². The van der Waals surface area contributed by atoms with Gasteiger partial charge in [0.05, 0.1) is 0 Å². The quantitative estimate of drug-likeness (QED) is 0.634. The highest BCUT2D eigenvalue weighted by molar-refractivity contribution is 5.85. The van der Waals surface area contributed by atoms with Crippen molar-refractivity contribution < 1.29 is 0 Å². The first kappa shape index (κ1) is 13.1. The maximum atomic E-state index is 3.36. The SMILES string of the molecule is CN[C@@H]1CNC(C)C1.Cl.Cl. The Morgan fingerprint density at radius 1 is 1.40 bits per heavy atom. The van der Waals surface area contributed by atoms with E-state index in [0.29, 0.717) is 12.1 Å². The van der Waals surface area contributed by atoms with Crippen LogP contribution in [0.1, 0.15) is 13.3 Å². The van der Waals surface area contributed by atoms with E-state index in [0.717, 1.165) is 6.54 Å². The lowest BCUT2D eigenvalue weighted by Gasteiger charge is -2.03. The van der Waals surface area contributed by atoms with Gasteiger partial charge in [0.15, 0.2) is 0 Å². The first-order chi connectivity index (χ1) is 3.83. The van der Waals surface area contributed by atoms with Gasteiger partial charge < -0.3 is 10.6 Å². The molecule has 10 heavy (non-hydrogen) atoms. The van der Waals surface area contributed by atoms with Crippen LogP contribution in [0, 0.1) is 0 Å². The molecule has 1 rings (SSSR count). The second-order valence-corrected chi connectivity index (χ2v) is 2.53. The lowest BCUT2D eigenvalue weighted by molar-refractivity contribution is 0.595. The van der Waals surface area contributed by atoms with Gasteiger partial charge in [0.25, 0.3) is 0 Å². The average molecular weight is 187 g/mol. The van der Waals surface area contributed by atoms with E-state index in [4.69, 9.17) is 0 Å². The molecule has 4 heteroatoms. The third-order valence-corrected chi connectivity index (χ3v) is 1.76. The fourth-order valence-corrected chi connectivity index (χ4v) is 1.16. The zero-order valence-corrected chi connectivity index (χ0v) is 8.02. The first-order valence-corrected chi connectivity index (χ1v) is 3.23. The summed E-state index contributed by atoms with van der Waals surface area (Å²) in [5, 5.41) is 6.59. The molecule has 0 aliphatic carbocycles. The summed E-state index contributed by atoms with van der Waals surface area (Å²) >= 11 is 0. The highest BCUT2D eigenvalue weighted by atomic mass is 35.5. The summed E-state index contributed by atoms with van der Waals surface area (Å²) in [5.74, 6) is 0. The molecule has 1 fully saturated rings. The van der Waals surface area contributed by atoms with E-state index in [1.165, 1.54) is 6.42 Å². The monoisotopic (exact) mass is 186 g/mol. The molecule has 1 unspecified atom stereocenters. The van der Waals surface area contributed by atoms with Crippen LogP contribution in [0.15, 0.2) is 0 Å². The summed E-state index contributed by atoms with van der Waals surface area (Å²) in [7, 11) is 2.02. The van der Waals surface area contributed by atoms with Gasteiger partial charge in [0.2, 0.25) is 0 Å². The lowest BCUT2D eigenvalue weighted by Crippen LogP contribution is -2.26. The summed E-state index contributed by atoms with van der Waals surface area (Å²) in [5.41, 5.74) is 0. The highest BCUT2D eigenvalue weighted by Crippen LogP contribution is 2.03. The predicted molar refractivity (Wildman–Crippen MR) is 49.4 cm³/mol. The molecule has 2 N–H and O–H groups in total. The van der Waals surface area contributed by atoms with Gasteiger partial charge in [-0.25, -0.2) is 0 Å². The fourth-order valence-electron chi connectivity index (χ4n) is 1.16. The van der Waals surface area contributed by atoms with E-state index in [1.54, 1.807) is 0 Å².